The molecule has 0 fully saturated rings. The van der Waals surface area contributed by atoms with Gasteiger partial charge in [0.15, 0.2) is 0 Å². The number of hydrogen-bond acceptors (Lipinski definition) is 7. The van der Waals surface area contributed by atoms with Crippen molar-refractivity contribution in [3.8, 4) is 0 Å². The molecule has 0 aliphatic heterocycles. The minimum absolute atomic E-state index is 0.186. The fourth-order valence-electron chi connectivity index (χ4n) is 2.57. The van der Waals surface area contributed by atoms with Crippen LogP contribution in [0.5, 0.6) is 0 Å². The second-order valence-corrected chi connectivity index (χ2v) is 7.25. The van der Waals surface area contributed by atoms with E-state index >= 15 is 0 Å². The van der Waals surface area contributed by atoms with Gasteiger partial charge in [0.1, 0.15) is 11.4 Å². The Labute approximate surface area is 164 Å². The zero-order chi connectivity index (χ0) is 20.3. The molecular weight excluding hydrogens is 380 g/mol. The van der Waals surface area contributed by atoms with Crippen molar-refractivity contribution < 1.29 is 14.3 Å². The fourth-order valence-corrected chi connectivity index (χ4v) is 3.56. The lowest BCUT2D eigenvalue weighted by Gasteiger charge is -2.04. The van der Waals surface area contributed by atoms with Crippen LogP contribution < -0.4 is 11.0 Å². The lowest BCUT2D eigenvalue weighted by atomic mass is 10.1. The van der Waals surface area contributed by atoms with Crippen LogP contribution in [0.15, 0.2) is 40.5 Å². The molecule has 3 aromatic rings. The number of amides is 1. The van der Waals surface area contributed by atoms with Crippen LogP contribution in [0.1, 0.15) is 26.4 Å². The third-order valence-corrected chi connectivity index (χ3v) is 5.32. The van der Waals surface area contributed by atoms with Gasteiger partial charge in [0.2, 0.25) is 0 Å². The third-order valence-electron chi connectivity index (χ3n) is 4.20. The fraction of sp³-hybridized carbons (Fsp3) is 0.211. The number of esters is 1. The van der Waals surface area contributed by atoms with Gasteiger partial charge in [0, 0.05) is 4.88 Å². The number of methoxy groups -OCH3 is 1. The maximum Gasteiger partial charge on any atom is 0.337 e. The van der Waals surface area contributed by atoms with Gasteiger partial charge in [-0.3, -0.25) is 14.2 Å². The molecule has 0 aliphatic carbocycles. The molecule has 0 aliphatic rings. The van der Waals surface area contributed by atoms with Gasteiger partial charge < -0.3 is 4.74 Å². The maximum absolute atomic E-state index is 12.6. The van der Waals surface area contributed by atoms with Gasteiger partial charge in [-0.25, -0.2) is 15.2 Å². The number of hydrogen-bond donors (Lipinski definition) is 1. The highest BCUT2D eigenvalue weighted by atomic mass is 32.1. The molecule has 9 heteroatoms. The van der Waals surface area contributed by atoms with E-state index in [1.54, 1.807) is 24.3 Å². The van der Waals surface area contributed by atoms with Crippen LogP contribution in [0, 0.1) is 13.8 Å². The molecule has 1 aromatic carbocycles. The van der Waals surface area contributed by atoms with Gasteiger partial charge in [0.25, 0.3) is 11.5 Å². The van der Waals surface area contributed by atoms with Crippen LogP contribution in [0.4, 0.5) is 0 Å². The molecule has 0 spiro atoms. The van der Waals surface area contributed by atoms with E-state index in [0.29, 0.717) is 21.3 Å². The van der Waals surface area contributed by atoms with Crippen molar-refractivity contribution in [3.63, 3.8) is 0 Å². The molecule has 0 saturated carbocycles. The first-order chi connectivity index (χ1) is 13.4. The lowest BCUT2D eigenvalue weighted by Crippen LogP contribution is -2.30. The number of fused-ring (bicyclic) bond motifs is 1. The van der Waals surface area contributed by atoms with E-state index in [9.17, 15) is 14.4 Å². The molecule has 2 aromatic heterocycles. The van der Waals surface area contributed by atoms with E-state index in [1.807, 2.05) is 13.8 Å². The maximum atomic E-state index is 12.6. The predicted molar refractivity (Wildman–Crippen MR) is 107 cm³/mol. The first-order valence-electron chi connectivity index (χ1n) is 8.36. The van der Waals surface area contributed by atoms with Crippen LogP contribution in [0.2, 0.25) is 0 Å². The van der Waals surface area contributed by atoms with Crippen molar-refractivity contribution in [1.29, 1.82) is 0 Å². The van der Waals surface area contributed by atoms with Crippen molar-refractivity contribution >= 4 is 39.6 Å². The second-order valence-electron chi connectivity index (χ2n) is 6.05. The summed E-state index contributed by atoms with van der Waals surface area (Å²) in [7, 11) is 1.31. The zero-order valence-corrected chi connectivity index (χ0v) is 16.4. The molecule has 0 radical (unpaired) electrons. The smallest absolute Gasteiger partial charge is 0.337 e. The quantitative estimate of drug-likeness (QED) is 0.402. The molecule has 0 atom stereocenters. The number of nitrogens with zero attached hydrogens (tertiary/aromatic N) is 3. The Morgan fingerprint density at radius 1 is 1.29 bits per heavy atom. The summed E-state index contributed by atoms with van der Waals surface area (Å²) in [5.41, 5.74) is 4.13. The summed E-state index contributed by atoms with van der Waals surface area (Å²) in [5.74, 6) is -0.876. The molecule has 0 bridgehead atoms. The Morgan fingerprint density at radius 2 is 2.00 bits per heavy atom. The molecular formula is C19H18N4O4S. The molecule has 1 amide bonds. The Morgan fingerprint density at radius 3 is 2.68 bits per heavy atom. The number of ether oxygens (including phenoxy) is 1. The summed E-state index contributed by atoms with van der Waals surface area (Å²) in [6.07, 6.45) is 2.81. The number of aryl methyl sites for hydroxylation is 2. The van der Waals surface area contributed by atoms with E-state index in [-0.39, 0.29) is 12.1 Å². The highest BCUT2D eigenvalue weighted by Gasteiger charge is 2.13. The number of carbonyl (C=O) groups is 2. The van der Waals surface area contributed by atoms with Gasteiger partial charge in [-0.05, 0) is 37.1 Å². The number of aromatic nitrogens is 2. The Bertz CT molecular complexity index is 1130. The molecule has 28 heavy (non-hydrogen) atoms. The number of rotatable bonds is 5. The van der Waals surface area contributed by atoms with E-state index in [4.69, 9.17) is 0 Å². The van der Waals surface area contributed by atoms with Crippen molar-refractivity contribution in [2.75, 3.05) is 7.11 Å². The van der Waals surface area contributed by atoms with Crippen LogP contribution in [0.3, 0.4) is 0 Å². The van der Waals surface area contributed by atoms with Crippen LogP contribution in [-0.4, -0.2) is 34.8 Å². The number of hydrazone groups is 1. The highest BCUT2D eigenvalue weighted by Crippen LogP contribution is 2.25. The topological polar surface area (TPSA) is 103 Å². The summed E-state index contributed by atoms with van der Waals surface area (Å²) in [6, 6.07) is 6.54. The summed E-state index contributed by atoms with van der Waals surface area (Å²) >= 11 is 1.46. The van der Waals surface area contributed by atoms with E-state index in [2.05, 4.69) is 20.2 Å². The summed E-state index contributed by atoms with van der Waals surface area (Å²) < 4.78 is 5.89. The Balaban J connectivity index is 1.66. The summed E-state index contributed by atoms with van der Waals surface area (Å²) in [6.45, 7) is 3.62. The monoisotopic (exact) mass is 398 g/mol. The summed E-state index contributed by atoms with van der Waals surface area (Å²) in [4.78, 5) is 42.0. The van der Waals surface area contributed by atoms with Crippen molar-refractivity contribution in [2.24, 2.45) is 5.10 Å². The summed E-state index contributed by atoms with van der Waals surface area (Å²) in [5, 5.41) is 4.42. The van der Waals surface area contributed by atoms with Crippen molar-refractivity contribution in [1.82, 2.24) is 15.0 Å². The molecule has 2 heterocycles. The van der Waals surface area contributed by atoms with E-state index in [0.717, 1.165) is 10.4 Å². The van der Waals surface area contributed by atoms with Crippen LogP contribution in [-0.2, 0) is 16.1 Å². The molecule has 3 rings (SSSR count). The van der Waals surface area contributed by atoms with Gasteiger partial charge in [-0.1, -0.05) is 12.1 Å². The molecule has 0 unspecified atom stereocenters. The molecule has 144 valence electrons. The number of thiophene rings is 1. The van der Waals surface area contributed by atoms with Gasteiger partial charge in [-0.2, -0.15) is 5.10 Å². The standard InChI is InChI=1S/C19H18N4O4S/c1-11-12(2)28-17-16(11)18(25)23(10-20-17)9-15(24)22-21-8-13-4-6-14(7-5-13)19(26)27-3/h4-8,10H,9H2,1-3H3,(H,22,24). The predicted octanol–water partition coefficient (Wildman–Crippen LogP) is 2.01. The molecule has 1 N–H and O–H groups in total. The number of carbonyl (C=O) groups excluding carboxylic acids is 2. The van der Waals surface area contributed by atoms with Crippen molar-refractivity contribution in [3.05, 3.63) is 62.5 Å². The minimum Gasteiger partial charge on any atom is -0.465 e. The van der Waals surface area contributed by atoms with E-state index < -0.39 is 11.9 Å². The van der Waals surface area contributed by atoms with Crippen molar-refractivity contribution in [2.45, 2.75) is 20.4 Å². The lowest BCUT2D eigenvalue weighted by molar-refractivity contribution is -0.121. The average molecular weight is 398 g/mol. The minimum atomic E-state index is -0.449. The number of nitrogens with one attached hydrogen (secondary N) is 1. The Hall–Kier alpha value is -3.33. The average Bonchev–Trinajstić information content (AvgIpc) is 2.98. The number of benzene rings is 1. The molecule has 0 saturated heterocycles. The van der Waals surface area contributed by atoms with E-state index in [1.165, 1.54) is 35.6 Å². The van der Waals surface area contributed by atoms with Gasteiger partial charge in [-0.15, -0.1) is 11.3 Å². The highest BCUT2D eigenvalue weighted by molar-refractivity contribution is 7.18. The zero-order valence-electron chi connectivity index (χ0n) is 15.6. The normalized spacial score (nSPS) is 11.1. The third kappa shape index (κ3) is 3.99. The first kappa shape index (κ1) is 19.4. The second kappa shape index (κ2) is 8.13. The van der Waals surface area contributed by atoms with Crippen LogP contribution in [0.25, 0.3) is 10.2 Å². The molecule has 8 nitrogen and oxygen atoms in total. The van der Waals surface area contributed by atoms with Gasteiger partial charge >= 0.3 is 5.97 Å². The largest absolute Gasteiger partial charge is 0.465 e. The SMILES string of the molecule is COC(=O)c1ccc(C=NNC(=O)Cn2cnc3sc(C)c(C)c3c2=O)cc1. The Kier molecular flexibility index (Phi) is 5.65. The first-order valence-corrected chi connectivity index (χ1v) is 9.17. The van der Waals surface area contributed by atoms with Gasteiger partial charge in [0.05, 0.1) is 30.6 Å². The van der Waals surface area contributed by atoms with Crippen LogP contribution >= 0.6 is 11.3 Å².